The fourth-order valence-corrected chi connectivity index (χ4v) is 3.26. The molecule has 156 valence electrons. The average molecular weight is 426 g/mol. The molecule has 8 heteroatoms. The minimum Gasteiger partial charge on any atom is -0.493 e. The van der Waals surface area contributed by atoms with Crippen LogP contribution in [0.5, 0.6) is 11.5 Å². The second-order valence-corrected chi connectivity index (χ2v) is 7.12. The Balaban J connectivity index is 1.69. The normalized spacial score (nSPS) is 10.3. The Hall–Kier alpha value is -3.36. The minimum atomic E-state index is -0.310. The molecule has 2 amide bonds. The largest absolute Gasteiger partial charge is 0.493 e. The van der Waals surface area contributed by atoms with Crippen molar-refractivity contribution in [1.29, 1.82) is 0 Å². The van der Waals surface area contributed by atoms with Gasteiger partial charge in [-0.3, -0.25) is 9.59 Å². The van der Waals surface area contributed by atoms with E-state index in [1.807, 2.05) is 11.4 Å². The molecule has 30 heavy (non-hydrogen) atoms. The van der Waals surface area contributed by atoms with Gasteiger partial charge < -0.3 is 24.8 Å². The van der Waals surface area contributed by atoms with Crippen LogP contribution in [0.1, 0.15) is 20.0 Å². The van der Waals surface area contributed by atoms with Gasteiger partial charge in [-0.1, -0.05) is 12.1 Å². The Kier molecular flexibility index (Phi) is 7.42. The van der Waals surface area contributed by atoms with Crippen molar-refractivity contribution >= 4 is 34.5 Å². The summed E-state index contributed by atoms with van der Waals surface area (Å²) in [6.07, 6.45) is 0. The van der Waals surface area contributed by atoms with Crippen molar-refractivity contribution in [3.63, 3.8) is 0 Å². The Morgan fingerprint density at radius 2 is 1.67 bits per heavy atom. The van der Waals surface area contributed by atoms with Crippen molar-refractivity contribution in [3.8, 4) is 11.5 Å². The van der Waals surface area contributed by atoms with Crippen molar-refractivity contribution in [2.45, 2.75) is 0 Å². The molecule has 0 fully saturated rings. The molecule has 0 aliphatic rings. The van der Waals surface area contributed by atoms with Gasteiger partial charge in [-0.25, -0.2) is 0 Å². The fraction of sp³-hybridized carbons (Fsp3) is 0.182. The summed E-state index contributed by atoms with van der Waals surface area (Å²) in [7, 11) is 3.14. The van der Waals surface area contributed by atoms with E-state index >= 15 is 0 Å². The molecule has 0 aliphatic carbocycles. The van der Waals surface area contributed by atoms with Gasteiger partial charge in [-0.05, 0) is 41.8 Å². The van der Waals surface area contributed by atoms with Crippen LogP contribution in [0.2, 0.25) is 0 Å². The zero-order valence-electron chi connectivity index (χ0n) is 16.6. The van der Waals surface area contributed by atoms with Gasteiger partial charge in [-0.15, -0.1) is 11.3 Å². The molecule has 0 bridgehead atoms. The van der Waals surface area contributed by atoms with Crippen LogP contribution in [-0.2, 0) is 4.74 Å². The standard InChI is InChI=1S/C22H22N2O5S/c1-27-10-11-29-19-14-17(8-9-18(19)28-2)23-21(25)15-5-3-6-16(13-15)24-22(26)20-7-4-12-30-20/h3-9,12-14H,10-11H2,1-2H3,(H,23,25)(H,24,26). The van der Waals surface area contributed by atoms with E-state index in [1.165, 1.54) is 11.3 Å². The summed E-state index contributed by atoms with van der Waals surface area (Å²) in [5.74, 6) is 0.539. The molecule has 3 rings (SSSR count). The molecule has 0 radical (unpaired) electrons. The number of nitrogens with one attached hydrogen (secondary N) is 2. The summed E-state index contributed by atoms with van der Waals surface area (Å²) in [4.78, 5) is 25.5. The zero-order valence-corrected chi connectivity index (χ0v) is 17.5. The minimum absolute atomic E-state index is 0.212. The molecule has 0 atom stereocenters. The maximum Gasteiger partial charge on any atom is 0.265 e. The predicted molar refractivity (Wildman–Crippen MR) is 117 cm³/mol. The number of hydrogen-bond donors (Lipinski definition) is 2. The lowest BCUT2D eigenvalue weighted by Crippen LogP contribution is -2.14. The molecule has 1 aromatic heterocycles. The van der Waals surface area contributed by atoms with Gasteiger partial charge in [0.25, 0.3) is 11.8 Å². The lowest BCUT2D eigenvalue weighted by Gasteiger charge is -2.13. The molecule has 0 aliphatic heterocycles. The number of rotatable bonds is 9. The topological polar surface area (TPSA) is 85.9 Å². The third-order valence-electron chi connectivity index (χ3n) is 4.09. The Morgan fingerprint density at radius 1 is 0.867 bits per heavy atom. The number of ether oxygens (including phenoxy) is 3. The summed E-state index contributed by atoms with van der Waals surface area (Å²) < 4.78 is 15.9. The van der Waals surface area contributed by atoms with Crippen molar-refractivity contribution in [2.24, 2.45) is 0 Å². The van der Waals surface area contributed by atoms with E-state index in [2.05, 4.69) is 10.6 Å². The van der Waals surface area contributed by atoms with Gasteiger partial charge in [-0.2, -0.15) is 0 Å². The number of carbonyl (C=O) groups excluding carboxylic acids is 2. The molecule has 2 aromatic carbocycles. The molecule has 1 heterocycles. The van der Waals surface area contributed by atoms with Crippen molar-refractivity contribution in [3.05, 3.63) is 70.4 Å². The van der Waals surface area contributed by atoms with Crippen LogP contribution in [0.25, 0.3) is 0 Å². The zero-order chi connectivity index (χ0) is 21.3. The highest BCUT2D eigenvalue weighted by Crippen LogP contribution is 2.30. The van der Waals surface area contributed by atoms with Gasteiger partial charge >= 0.3 is 0 Å². The van der Waals surface area contributed by atoms with E-state index in [0.717, 1.165) is 0 Å². The quantitative estimate of drug-likeness (QED) is 0.499. The number of methoxy groups -OCH3 is 2. The lowest BCUT2D eigenvalue weighted by molar-refractivity contribution is 0.101. The number of anilines is 2. The van der Waals surface area contributed by atoms with Crippen LogP contribution in [0.4, 0.5) is 11.4 Å². The highest BCUT2D eigenvalue weighted by atomic mass is 32.1. The van der Waals surface area contributed by atoms with E-state index in [1.54, 1.807) is 62.8 Å². The predicted octanol–water partition coefficient (Wildman–Crippen LogP) is 4.29. The van der Waals surface area contributed by atoms with Crippen LogP contribution < -0.4 is 20.1 Å². The van der Waals surface area contributed by atoms with Crippen LogP contribution >= 0.6 is 11.3 Å². The highest BCUT2D eigenvalue weighted by molar-refractivity contribution is 7.12. The molecule has 7 nitrogen and oxygen atoms in total. The number of benzene rings is 2. The van der Waals surface area contributed by atoms with Crippen LogP contribution in [0.15, 0.2) is 60.0 Å². The van der Waals surface area contributed by atoms with Crippen molar-refractivity contribution in [1.82, 2.24) is 0 Å². The molecular weight excluding hydrogens is 404 g/mol. The van der Waals surface area contributed by atoms with Crippen LogP contribution in [0, 0.1) is 0 Å². The van der Waals surface area contributed by atoms with Crippen molar-refractivity contribution < 1.29 is 23.8 Å². The van der Waals surface area contributed by atoms with Gasteiger partial charge in [0.15, 0.2) is 11.5 Å². The Labute approximate surface area is 178 Å². The number of thiophene rings is 1. The van der Waals surface area contributed by atoms with Crippen molar-refractivity contribution in [2.75, 3.05) is 38.1 Å². The maximum absolute atomic E-state index is 12.7. The Bertz CT molecular complexity index is 1000. The third-order valence-corrected chi connectivity index (χ3v) is 4.96. The molecule has 0 saturated heterocycles. The average Bonchev–Trinajstić information content (AvgIpc) is 3.29. The first kappa shape index (κ1) is 21.4. The summed E-state index contributed by atoms with van der Waals surface area (Å²) in [6, 6.07) is 15.4. The lowest BCUT2D eigenvalue weighted by atomic mass is 10.1. The SMILES string of the molecule is COCCOc1cc(NC(=O)c2cccc(NC(=O)c3cccs3)c2)ccc1OC. The van der Waals surface area contributed by atoms with Gasteiger partial charge in [0, 0.05) is 30.1 Å². The molecule has 0 saturated carbocycles. The molecular formula is C22H22N2O5S. The first-order valence-corrected chi connectivity index (χ1v) is 10.0. The molecule has 3 aromatic rings. The first-order valence-electron chi connectivity index (χ1n) is 9.16. The van der Waals surface area contributed by atoms with Crippen LogP contribution in [-0.4, -0.2) is 39.2 Å². The number of hydrogen-bond acceptors (Lipinski definition) is 6. The van der Waals surface area contributed by atoms with Crippen LogP contribution in [0.3, 0.4) is 0 Å². The summed E-state index contributed by atoms with van der Waals surface area (Å²) in [5, 5.41) is 7.47. The maximum atomic E-state index is 12.7. The van der Waals surface area contributed by atoms with E-state index in [0.29, 0.717) is 46.5 Å². The second kappa shape index (κ2) is 10.4. The van der Waals surface area contributed by atoms with E-state index in [9.17, 15) is 9.59 Å². The van der Waals surface area contributed by atoms with Gasteiger partial charge in [0.1, 0.15) is 6.61 Å². The molecule has 0 unspecified atom stereocenters. The van der Waals surface area contributed by atoms with Gasteiger partial charge in [0.2, 0.25) is 0 Å². The number of carbonyl (C=O) groups is 2. The molecule has 2 N–H and O–H groups in total. The van der Waals surface area contributed by atoms with E-state index in [4.69, 9.17) is 14.2 Å². The second-order valence-electron chi connectivity index (χ2n) is 6.17. The third kappa shape index (κ3) is 5.59. The van der Waals surface area contributed by atoms with Gasteiger partial charge in [0.05, 0.1) is 18.6 Å². The Morgan fingerprint density at radius 3 is 2.40 bits per heavy atom. The number of amides is 2. The summed E-state index contributed by atoms with van der Waals surface area (Å²) >= 11 is 1.35. The monoisotopic (exact) mass is 426 g/mol. The van der Waals surface area contributed by atoms with E-state index < -0.39 is 0 Å². The summed E-state index contributed by atoms with van der Waals surface area (Å²) in [5.41, 5.74) is 1.51. The summed E-state index contributed by atoms with van der Waals surface area (Å²) in [6.45, 7) is 0.792. The first-order chi connectivity index (χ1) is 14.6. The smallest absolute Gasteiger partial charge is 0.265 e. The fourth-order valence-electron chi connectivity index (χ4n) is 2.64. The highest BCUT2D eigenvalue weighted by Gasteiger charge is 2.12. The molecule has 0 spiro atoms. The van der Waals surface area contributed by atoms with E-state index in [-0.39, 0.29) is 11.8 Å².